The predicted octanol–water partition coefficient (Wildman–Crippen LogP) is 0.446. The Bertz CT molecular complexity index is 155. The first-order chi connectivity index (χ1) is 6.40. The molecule has 3 rings (SSSR count). The zero-order valence-electron chi connectivity index (χ0n) is 8.24. The van der Waals surface area contributed by atoms with Crippen LogP contribution in [0.2, 0.25) is 0 Å². The molecule has 3 fully saturated rings. The molecule has 76 valence electrons. The molecular formula is C10H20N2O. The van der Waals surface area contributed by atoms with E-state index in [2.05, 4.69) is 4.90 Å². The number of hydrogen-bond acceptors (Lipinski definition) is 3. The maximum Gasteiger partial charge on any atom is 0.0622 e. The van der Waals surface area contributed by atoms with Crippen LogP contribution in [0, 0.1) is 5.92 Å². The normalized spacial score (nSPS) is 38.1. The second-order valence-electron chi connectivity index (χ2n) is 4.23. The van der Waals surface area contributed by atoms with Gasteiger partial charge < -0.3 is 10.5 Å². The smallest absolute Gasteiger partial charge is 0.0622 e. The van der Waals surface area contributed by atoms with Gasteiger partial charge in [0.25, 0.3) is 0 Å². The van der Waals surface area contributed by atoms with E-state index in [4.69, 9.17) is 10.5 Å². The van der Waals surface area contributed by atoms with Crippen molar-refractivity contribution in [1.82, 2.24) is 4.90 Å². The molecule has 3 heterocycles. The zero-order chi connectivity index (χ0) is 9.10. The number of rotatable bonds is 4. The minimum absolute atomic E-state index is 0.649. The highest BCUT2D eigenvalue weighted by Crippen LogP contribution is 2.31. The van der Waals surface area contributed by atoms with Gasteiger partial charge in [-0.25, -0.2) is 0 Å². The van der Waals surface area contributed by atoms with Gasteiger partial charge in [0.1, 0.15) is 0 Å². The molecule has 3 nitrogen and oxygen atoms in total. The minimum atomic E-state index is 0.649. The van der Waals surface area contributed by atoms with Crippen molar-refractivity contribution in [2.75, 3.05) is 32.8 Å². The van der Waals surface area contributed by atoms with E-state index in [0.29, 0.717) is 12.6 Å². The lowest BCUT2D eigenvalue weighted by Crippen LogP contribution is -2.50. The van der Waals surface area contributed by atoms with Crippen molar-refractivity contribution in [3.8, 4) is 0 Å². The van der Waals surface area contributed by atoms with E-state index in [1.807, 2.05) is 0 Å². The first kappa shape index (κ1) is 9.44. The van der Waals surface area contributed by atoms with Crippen molar-refractivity contribution in [2.24, 2.45) is 11.7 Å². The molecule has 13 heavy (non-hydrogen) atoms. The van der Waals surface area contributed by atoms with Crippen LogP contribution in [0.15, 0.2) is 0 Å². The van der Waals surface area contributed by atoms with E-state index in [1.54, 1.807) is 0 Å². The van der Waals surface area contributed by atoms with Gasteiger partial charge in [-0.1, -0.05) is 0 Å². The minimum Gasteiger partial charge on any atom is -0.379 e. The Hall–Kier alpha value is -0.120. The number of nitrogens with two attached hydrogens (primary N) is 1. The summed E-state index contributed by atoms with van der Waals surface area (Å²) in [6, 6.07) is 0.694. The standard InChI is InChI=1S/C10H20N2O/c11-3-6-13-8-10-7-9-1-4-12(10)5-2-9/h9-10H,1-8,11H2. The van der Waals surface area contributed by atoms with Crippen LogP contribution in [0.4, 0.5) is 0 Å². The Kier molecular flexibility index (Phi) is 3.19. The van der Waals surface area contributed by atoms with Crippen LogP contribution in [-0.2, 0) is 4.74 Å². The number of ether oxygens (including phenoxy) is 1. The van der Waals surface area contributed by atoms with Gasteiger partial charge in [-0.3, -0.25) is 4.90 Å². The summed E-state index contributed by atoms with van der Waals surface area (Å²) in [5, 5.41) is 0. The highest BCUT2D eigenvalue weighted by molar-refractivity contribution is 4.87. The fourth-order valence-electron chi connectivity index (χ4n) is 2.56. The summed E-state index contributed by atoms with van der Waals surface area (Å²) in [5.74, 6) is 0.983. The summed E-state index contributed by atoms with van der Waals surface area (Å²) < 4.78 is 5.51. The highest BCUT2D eigenvalue weighted by atomic mass is 16.5. The van der Waals surface area contributed by atoms with Gasteiger partial charge in [-0.05, 0) is 38.3 Å². The van der Waals surface area contributed by atoms with Crippen molar-refractivity contribution in [3.63, 3.8) is 0 Å². The van der Waals surface area contributed by atoms with Gasteiger partial charge >= 0.3 is 0 Å². The Labute approximate surface area is 80.2 Å². The molecule has 2 N–H and O–H groups in total. The van der Waals surface area contributed by atoms with E-state index < -0.39 is 0 Å². The van der Waals surface area contributed by atoms with Crippen LogP contribution in [0.3, 0.4) is 0 Å². The molecule has 3 aliphatic rings. The third-order valence-corrected chi connectivity index (χ3v) is 3.34. The van der Waals surface area contributed by atoms with E-state index in [0.717, 1.165) is 19.1 Å². The highest BCUT2D eigenvalue weighted by Gasteiger charge is 2.33. The first-order valence-electron chi connectivity index (χ1n) is 5.42. The largest absolute Gasteiger partial charge is 0.379 e. The summed E-state index contributed by atoms with van der Waals surface area (Å²) in [7, 11) is 0. The molecule has 2 bridgehead atoms. The third-order valence-electron chi connectivity index (χ3n) is 3.34. The van der Waals surface area contributed by atoms with E-state index in [9.17, 15) is 0 Å². The number of nitrogens with zero attached hydrogens (tertiary/aromatic N) is 1. The molecule has 0 aromatic heterocycles. The lowest BCUT2D eigenvalue weighted by Gasteiger charge is -2.45. The fourth-order valence-corrected chi connectivity index (χ4v) is 2.56. The van der Waals surface area contributed by atoms with Crippen molar-refractivity contribution >= 4 is 0 Å². The lowest BCUT2D eigenvalue weighted by atomic mass is 9.84. The third kappa shape index (κ3) is 2.22. The topological polar surface area (TPSA) is 38.5 Å². The van der Waals surface area contributed by atoms with Crippen molar-refractivity contribution in [3.05, 3.63) is 0 Å². The van der Waals surface area contributed by atoms with Crippen LogP contribution in [0.25, 0.3) is 0 Å². The Morgan fingerprint density at radius 2 is 2.08 bits per heavy atom. The van der Waals surface area contributed by atoms with Crippen LogP contribution in [-0.4, -0.2) is 43.8 Å². The van der Waals surface area contributed by atoms with Gasteiger partial charge in [0.15, 0.2) is 0 Å². The SMILES string of the molecule is NCCOCC1CC2CCN1CC2. The molecule has 1 atom stereocenters. The average Bonchev–Trinajstić information content (AvgIpc) is 2.20. The summed E-state index contributed by atoms with van der Waals surface area (Å²) in [6.07, 6.45) is 4.17. The maximum atomic E-state index is 5.51. The number of fused-ring (bicyclic) bond motifs is 3. The molecule has 3 heteroatoms. The molecule has 0 aliphatic carbocycles. The van der Waals surface area contributed by atoms with Crippen LogP contribution in [0.5, 0.6) is 0 Å². The Morgan fingerprint density at radius 3 is 2.62 bits per heavy atom. The quantitative estimate of drug-likeness (QED) is 0.645. The van der Waals surface area contributed by atoms with Gasteiger partial charge in [0.2, 0.25) is 0 Å². The molecule has 0 amide bonds. The average molecular weight is 184 g/mol. The van der Waals surface area contributed by atoms with Gasteiger partial charge in [-0.2, -0.15) is 0 Å². The van der Waals surface area contributed by atoms with E-state index in [1.165, 1.54) is 32.4 Å². The summed E-state index contributed by atoms with van der Waals surface area (Å²) in [5.41, 5.74) is 5.38. The molecule has 0 radical (unpaired) electrons. The molecule has 0 saturated carbocycles. The van der Waals surface area contributed by atoms with E-state index in [-0.39, 0.29) is 0 Å². The fraction of sp³-hybridized carbons (Fsp3) is 1.00. The van der Waals surface area contributed by atoms with Crippen molar-refractivity contribution in [2.45, 2.75) is 25.3 Å². The van der Waals surface area contributed by atoms with Gasteiger partial charge in [0, 0.05) is 12.6 Å². The zero-order valence-corrected chi connectivity index (χ0v) is 8.24. The van der Waals surface area contributed by atoms with Gasteiger partial charge in [0.05, 0.1) is 13.2 Å². The first-order valence-corrected chi connectivity index (χ1v) is 5.42. The molecule has 0 spiro atoms. The van der Waals surface area contributed by atoms with E-state index >= 15 is 0 Å². The molecule has 1 unspecified atom stereocenters. The summed E-state index contributed by atoms with van der Waals surface area (Å²) >= 11 is 0. The number of piperidine rings is 3. The molecule has 0 aromatic carbocycles. The Balaban J connectivity index is 1.74. The van der Waals surface area contributed by atoms with Crippen molar-refractivity contribution < 1.29 is 4.74 Å². The van der Waals surface area contributed by atoms with Gasteiger partial charge in [-0.15, -0.1) is 0 Å². The van der Waals surface area contributed by atoms with Crippen LogP contribution >= 0.6 is 0 Å². The van der Waals surface area contributed by atoms with Crippen LogP contribution in [0.1, 0.15) is 19.3 Å². The lowest BCUT2D eigenvalue weighted by molar-refractivity contribution is -0.00643. The molecule has 3 aliphatic heterocycles. The Morgan fingerprint density at radius 1 is 1.31 bits per heavy atom. The second kappa shape index (κ2) is 4.40. The summed E-state index contributed by atoms with van der Waals surface area (Å²) in [6.45, 7) is 4.85. The summed E-state index contributed by atoms with van der Waals surface area (Å²) in [4.78, 5) is 2.58. The monoisotopic (exact) mass is 184 g/mol. The van der Waals surface area contributed by atoms with Crippen molar-refractivity contribution in [1.29, 1.82) is 0 Å². The number of hydrogen-bond donors (Lipinski definition) is 1. The molecular weight excluding hydrogens is 164 g/mol. The molecule has 0 aromatic rings. The van der Waals surface area contributed by atoms with Crippen LogP contribution < -0.4 is 5.73 Å². The molecule has 3 saturated heterocycles. The predicted molar refractivity (Wildman–Crippen MR) is 52.6 cm³/mol. The second-order valence-corrected chi connectivity index (χ2v) is 4.23. The maximum absolute atomic E-state index is 5.51.